The van der Waals surface area contributed by atoms with E-state index in [9.17, 15) is 14.9 Å². The van der Waals surface area contributed by atoms with Crippen molar-refractivity contribution < 1.29 is 9.59 Å². The average Bonchev–Trinajstić information content (AvgIpc) is 2.83. The Bertz CT molecular complexity index is 757. The van der Waals surface area contributed by atoms with Crippen LogP contribution in [0.15, 0.2) is 28.8 Å². The molecule has 6 heteroatoms. The van der Waals surface area contributed by atoms with E-state index < -0.39 is 5.41 Å². The Balaban J connectivity index is 2.59. The van der Waals surface area contributed by atoms with Crippen LogP contribution in [0.4, 0.5) is 5.69 Å². The molecule has 0 saturated carbocycles. The number of halogens is 1. The van der Waals surface area contributed by atoms with Crippen LogP contribution >= 0.6 is 23.4 Å². The normalized spacial score (nSPS) is 17.2. The lowest BCUT2D eigenvalue weighted by Gasteiger charge is -2.22. The lowest BCUT2D eigenvalue weighted by atomic mass is 9.87. The van der Waals surface area contributed by atoms with E-state index in [1.54, 1.807) is 39.0 Å². The van der Waals surface area contributed by atoms with Gasteiger partial charge in [0.15, 0.2) is 5.78 Å². The van der Waals surface area contributed by atoms with Gasteiger partial charge in [-0.2, -0.15) is 5.26 Å². The zero-order valence-corrected chi connectivity index (χ0v) is 15.0. The topological polar surface area (TPSA) is 61.2 Å². The Labute approximate surface area is 145 Å². The first kappa shape index (κ1) is 17.6. The van der Waals surface area contributed by atoms with Crippen LogP contribution in [0.2, 0.25) is 5.02 Å². The third-order valence-electron chi connectivity index (χ3n) is 3.42. The molecule has 0 bridgehead atoms. The van der Waals surface area contributed by atoms with Crippen molar-refractivity contribution >= 4 is 40.7 Å². The van der Waals surface area contributed by atoms with Gasteiger partial charge in [-0.3, -0.25) is 14.5 Å². The molecule has 0 aromatic heterocycles. The first-order valence-corrected chi connectivity index (χ1v) is 8.44. The van der Waals surface area contributed by atoms with Crippen LogP contribution in [0.3, 0.4) is 0 Å². The lowest BCUT2D eigenvalue weighted by molar-refractivity contribution is -0.122. The number of thioether (sulfide) groups is 1. The van der Waals surface area contributed by atoms with Crippen molar-refractivity contribution in [3.8, 4) is 6.07 Å². The van der Waals surface area contributed by atoms with Crippen LogP contribution in [0.25, 0.3) is 0 Å². The van der Waals surface area contributed by atoms with E-state index in [2.05, 4.69) is 0 Å². The first-order chi connectivity index (χ1) is 10.7. The highest BCUT2D eigenvalue weighted by molar-refractivity contribution is 8.04. The molecule has 0 radical (unpaired) electrons. The van der Waals surface area contributed by atoms with Crippen molar-refractivity contribution in [2.24, 2.45) is 5.41 Å². The van der Waals surface area contributed by atoms with E-state index in [4.69, 9.17) is 11.6 Å². The molecule has 1 aliphatic heterocycles. The largest absolute Gasteiger partial charge is 0.293 e. The van der Waals surface area contributed by atoms with E-state index in [1.807, 2.05) is 13.0 Å². The minimum atomic E-state index is -0.689. The Morgan fingerprint density at radius 3 is 2.57 bits per heavy atom. The second-order valence-corrected chi connectivity index (χ2v) is 7.69. The molecule has 1 aliphatic rings. The monoisotopic (exact) mass is 348 g/mol. The number of nitriles is 1. The van der Waals surface area contributed by atoms with Crippen molar-refractivity contribution in [2.45, 2.75) is 27.7 Å². The molecule has 0 aliphatic carbocycles. The van der Waals surface area contributed by atoms with Gasteiger partial charge in [-0.25, -0.2) is 0 Å². The van der Waals surface area contributed by atoms with Gasteiger partial charge >= 0.3 is 0 Å². The van der Waals surface area contributed by atoms with Crippen LogP contribution in [-0.4, -0.2) is 17.4 Å². The molecule has 120 valence electrons. The number of rotatable bonds is 2. The number of nitrogens with zero attached hydrogens (tertiary/aromatic N) is 2. The number of aryl methyl sites for hydroxylation is 1. The fraction of sp³-hybridized carbons (Fsp3) is 0.353. The quantitative estimate of drug-likeness (QED) is 0.596. The zero-order chi connectivity index (χ0) is 17.4. The van der Waals surface area contributed by atoms with E-state index in [1.165, 1.54) is 16.7 Å². The smallest absolute Gasteiger partial charge is 0.242 e. The molecule has 1 saturated heterocycles. The Morgan fingerprint density at radius 1 is 1.39 bits per heavy atom. The summed E-state index contributed by atoms with van der Waals surface area (Å²) in [4.78, 5) is 26.3. The summed E-state index contributed by atoms with van der Waals surface area (Å²) in [6.07, 6.45) is 0. The molecular weight excluding hydrogens is 332 g/mol. The maximum Gasteiger partial charge on any atom is 0.242 e. The second-order valence-electron chi connectivity index (χ2n) is 6.32. The van der Waals surface area contributed by atoms with Crippen molar-refractivity contribution in [1.29, 1.82) is 5.26 Å². The highest BCUT2D eigenvalue weighted by Crippen LogP contribution is 2.38. The number of ketones is 1. The molecule has 1 aromatic carbocycles. The minimum absolute atomic E-state index is 0.0287. The lowest BCUT2D eigenvalue weighted by Crippen LogP contribution is -2.28. The number of hydrogen-bond acceptors (Lipinski definition) is 4. The molecule has 0 N–H and O–H groups in total. The van der Waals surface area contributed by atoms with Crippen LogP contribution < -0.4 is 4.90 Å². The van der Waals surface area contributed by atoms with E-state index >= 15 is 0 Å². The maximum absolute atomic E-state index is 12.5. The Hall–Kier alpha value is -1.77. The third-order valence-corrected chi connectivity index (χ3v) is 4.89. The van der Waals surface area contributed by atoms with E-state index in [0.717, 1.165) is 5.56 Å². The van der Waals surface area contributed by atoms with Crippen LogP contribution in [-0.2, 0) is 9.59 Å². The second kappa shape index (κ2) is 6.38. The highest BCUT2D eigenvalue weighted by atomic mass is 35.5. The Morgan fingerprint density at radius 2 is 2.04 bits per heavy atom. The molecule has 4 nitrogen and oxygen atoms in total. The summed E-state index contributed by atoms with van der Waals surface area (Å²) in [5.74, 6) is -0.214. The number of amides is 1. The fourth-order valence-corrected chi connectivity index (χ4v) is 3.28. The summed E-state index contributed by atoms with van der Waals surface area (Å²) in [7, 11) is 0. The van der Waals surface area contributed by atoms with Gasteiger partial charge in [0.25, 0.3) is 0 Å². The predicted octanol–water partition coefficient (Wildman–Crippen LogP) is 4.08. The SMILES string of the molecule is Cc1cc(N2C(=O)CS/C2=C(\C#N)C(=O)C(C)(C)C)ccc1Cl. The standard InChI is InChI=1S/C17H17ClN2O2S/c1-10-7-11(5-6-13(10)18)20-14(21)9-23-16(20)12(8-19)15(22)17(2,3)4/h5-7H,9H2,1-4H3/b16-12+. The molecule has 2 rings (SSSR count). The van der Waals surface area contributed by atoms with E-state index in [0.29, 0.717) is 15.7 Å². The summed E-state index contributed by atoms with van der Waals surface area (Å²) >= 11 is 7.25. The Kier molecular flexibility index (Phi) is 4.88. The van der Waals surface area contributed by atoms with Gasteiger partial charge < -0.3 is 0 Å². The minimum Gasteiger partial charge on any atom is -0.293 e. The summed E-state index contributed by atoms with van der Waals surface area (Å²) < 4.78 is 0. The number of allylic oxidation sites excluding steroid dienone is 1. The summed E-state index contributed by atoms with van der Waals surface area (Å²) in [5.41, 5.74) is 0.785. The molecule has 1 heterocycles. The van der Waals surface area contributed by atoms with E-state index in [-0.39, 0.29) is 23.0 Å². The predicted molar refractivity (Wildman–Crippen MR) is 93.2 cm³/mol. The zero-order valence-electron chi connectivity index (χ0n) is 13.4. The summed E-state index contributed by atoms with van der Waals surface area (Å²) in [5, 5.41) is 10.5. The number of carbonyl (C=O) groups excluding carboxylic acids is 2. The van der Waals surface area contributed by atoms with Gasteiger partial charge in [-0.05, 0) is 30.7 Å². The molecule has 1 aromatic rings. The third kappa shape index (κ3) is 3.44. The number of carbonyl (C=O) groups is 2. The fourth-order valence-electron chi connectivity index (χ4n) is 2.16. The molecule has 0 spiro atoms. The summed E-state index contributed by atoms with van der Waals surface area (Å²) in [6.45, 7) is 7.11. The summed E-state index contributed by atoms with van der Waals surface area (Å²) in [6, 6.07) is 7.19. The average molecular weight is 349 g/mol. The van der Waals surface area contributed by atoms with Crippen LogP contribution in [0, 0.1) is 23.7 Å². The van der Waals surface area contributed by atoms with Crippen molar-refractivity contribution in [2.75, 3.05) is 10.7 Å². The van der Waals surface area contributed by atoms with Crippen molar-refractivity contribution in [1.82, 2.24) is 0 Å². The molecule has 1 fully saturated rings. The number of benzene rings is 1. The van der Waals surface area contributed by atoms with Crippen LogP contribution in [0.1, 0.15) is 26.3 Å². The van der Waals surface area contributed by atoms with Gasteiger partial charge in [0.05, 0.1) is 5.75 Å². The highest BCUT2D eigenvalue weighted by Gasteiger charge is 2.36. The van der Waals surface area contributed by atoms with Gasteiger partial charge in [0.2, 0.25) is 5.91 Å². The van der Waals surface area contributed by atoms with Crippen molar-refractivity contribution in [3.63, 3.8) is 0 Å². The molecule has 1 amide bonds. The number of Topliss-reactive ketones (excluding diaryl/α,β-unsaturated/α-hetero) is 1. The molecular formula is C17H17ClN2O2S. The molecule has 0 atom stereocenters. The van der Waals surface area contributed by atoms with Gasteiger partial charge in [0.1, 0.15) is 16.7 Å². The van der Waals surface area contributed by atoms with Gasteiger partial charge in [-0.1, -0.05) is 44.1 Å². The number of hydrogen-bond donors (Lipinski definition) is 0. The molecule has 23 heavy (non-hydrogen) atoms. The van der Waals surface area contributed by atoms with Gasteiger partial charge in [-0.15, -0.1) is 0 Å². The maximum atomic E-state index is 12.5. The van der Waals surface area contributed by atoms with Crippen LogP contribution in [0.5, 0.6) is 0 Å². The number of anilines is 1. The molecule has 0 unspecified atom stereocenters. The van der Waals surface area contributed by atoms with Crippen molar-refractivity contribution in [3.05, 3.63) is 39.4 Å². The van der Waals surface area contributed by atoms with Gasteiger partial charge in [0, 0.05) is 16.1 Å². The first-order valence-electron chi connectivity index (χ1n) is 7.08.